The summed E-state index contributed by atoms with van der Waals surface area (Å²) < 4.78 is 14.7. The van der Waals surface area contributed by atoms with Gasteiger partial charge in [0.25, 0.3) is 0 Å². The number of hydrogen-bond acceptors (Lipinski definition) is 1. The Morgan fingerprint density at radius 1 is 1.00 bits per heavy atom. The number of halogens is 2. The van der Waals surface area contributed by atoms with Crippen LogP contribution in [0.5, 0.6) is 0 Å². The van der Waals surface area contributed by atoms with E-state index in [1.54, 1.807) is 6.07 Å². The van der Waals surface area contributed by atoms with E-state index in [0.29, 0.717) is 6.54 Å². The molecule has 2 aromatic carbocycles. The SMILES string of the molecule is CN(Cc1ccc(I)cc1)Cc1ccccc1F. The molecule has 0 aliphatic heterocycles. The Balaban J connectivity index is 1.99. The second kappa shape index (κ2) is 6.29. The molecule has 0 saturated heterocycles. The van der Waals surface area contributed by atoms with E-state index in [1.807, 2.05) is 19.2 Å². The summed E-state index contributed by atoms with van der Waals surface area (Å²) in [5.74, 6) is -0.132. The van der Waals surface area contributed by atoms with Gasteiger partial charge in [-0.05, 0) is 53.4 Å². The average Bonchev–Trinajstić information content (AvgIpc) is 2.35. The molecule has 0 N–H and O–H groups in total. The Morgan fingerprint density at radius 3 is 2.33 bits per heavy atom. The van der Waals surface area contributed by atoms with Crippen molar-refractivity contribution in [2.45, 2.75) is 13.1 Å². The van der Waals surface area contributed by atoms with Gasteiger partial charge < -0.3 is 0 Å². The number of benzene rings is 2. The Bertz CT molecular complexity index is 510. The molecule has 2 aromatic rings. The second-order valence-corrected chi connectivity index (χ2v) is 5.64. The van der Waals surface area contributed by atoms with Crippen molar-refractivity contribution in [1.29, 1.82) is 0 Å². The smallest absolute Gasteiger partial charge is 0.127 e. The first-order chi connectivity index (χ1) is 8.65. The summed E-state index contributed by atoms with van der Waals surface area (Å²) >= 11 is 2.29. The maximum atomic E-state index is 13.5. The Hall–Kier alpha value is -0.940. The van der Waals surface area contributed by atoms with E-state index in [-0.39, 0.29) is 5.82 Å². The predicted octanol–water partition coefficient (Wildman–Crippen LogP) is 4.06. The lowest BCUT2D eigenvalue weighted by Gasteiger charge is -2.17. The maximum Gasteiger partial charge on any atom is 0.127 e. The van der Waals surface area contributed by atoms with Crippen LogP contribution in [0.4, 0.5) is 4.39 Å². The fourth-order valence-electron chi connectivity index (χ4n) is 1.87. The molecule has 0 fully saturated rings. The van der Waals surface area contributed by atoms with Gasteiger partial charge in [-0.2, -0.15) is 0 Å². The highest BCUT2D eigenvalue weighted by Crippen LogP contribution is 2.12. The van der Waals surface area contributed by atoms with Crippen LogP contribution in [0.1, 0.15) is 11.1 Å². The quantitative estimate of drug-likeness (QED) is 0.748. The van der Waals surface area contributed by atoms with Crippen molar-refractivity contribution in [1.82, 2.24) is 4.90 Å². The summed E-state index contributed by atoms with van der Waals surface area (Å²) in [6.07, 6.45) is 0. The van der Waals surface area contributed by atoms with Crippen molar-refractivity contribution in [2.75, 3.05) is 7.05 Å². The van der Waals surface area contributed by atoms with Crippen LogP contribution in [0.25, 0.3) is 0 Å². The minimum atomic E-state index is -0.132. The molecule has 0 aliphatic carbocycles. The van der Waals surface area contributed by atoms with Crippen LogP contribution in [0.15, 0.2) is 48.5 Å². The monoisotopic (exact) mass is 355 g/mol. The largest absolute Gasteiger partial charge is 0.298 e. The van der Waals surface area contributed by atoms with Gasteiger partial charge in [-0.1, -0.05) is 30.3 Å². The number of nitrogens with zero attached hydrogens (tertiary/aromatic N) is 1. The van der Waals surface area contributed by atoms with Crippen LogP contribution in [0.2, 0.25) is 0 Å². The lowest BCUT2D eigenvalue weighted by atomic mass is 10.1. The van der Waals surface area contributed by atoms with Crippen LogP contribution in [0, 0.1) is 9.39 Å². The molecule has 0 spiro atoms. The van der Waals surface area contributed by atoms with Gasteiger partial charge in [-0.25, -0.2) is 4.39 Å². The fraction of sp³-hybridized carbons (Fsp3) is 0.200. The maximum absolute atomic E-state index is 13.5. The molecule has 3 heteroatoms. The highest BCUT2D eigenvalue weighted by atomic mass is 127. The molecule has 0 heterocycles. The van der Waals surface area contributed by atoms with Crippen molar-refractivity contribution in [3.63, 3.8) is 0 Å². The zero-order chi connectivity index (χ0) is 13.0. The van der Waals surface area contributed by atoms with E-state index in [0.717, 1.165) is 12.1 Å². The average molecular weight is 355 g/mol. The summed E-state index contributed by atoms with van der Waals surface area (Å²) in [6, 6.07) is 15.3. The molecule has 0 saturated carbocycles. The molecule has 0 aliphatic rings. The first kappa shape index (κ1) is 13.5. The van der Waals surface area contributed by atoms with Crippen molar-refractivity contribution >= 4 is 22.6 Å². The molecular formula is C15H15FIN. The van der Waals surface area contributed by atoms with Crippen molar-refractivity contribution in [3.05, 3.63) is 69.0 Å². The first-order valence-corrected chi connectivity index (χ1v) is 6.89. The normalized spacial score (nSPS) is 10.9. The molecule has 0 bridgehead atoms. The van der Waals surface area contributed by atoms with E-state index in [9.17, 15) is 4.39 Å². The lowest BCUT2D eigenvalue weighted by Crippen LogP contribution is -2.17. The van der Waals surface area contributed by atoms with Gasteiger partial charge in [0.2, 0.25) is 0 Å². The van der Waals surface area contributed by atoms with Crippen molar-refractivity contribution in [3.8, 4) is 0 Å². The topological polar surface area (TPSA) is 3.24 Å². The van der Waals surface area contributed by atoms with Gasteiger partial charge >= 0.3 is 0 Å². The Kier molecular flexibility index (Phi) is 4.72. The third-order valence-corrected chi connectivity index (χ3v) is 3.48. The zero-order valence-electron chi connectivity index (χ0n) is 10.2. The standard InChI is InChI=1S/C15H15FIN/c1-18(10-12-6-8-14(17)9-7-12)11-13-4-2-3-5-15(13)16/h2-9H,10-11H2,1H3. The second-order valence-electron chi connectivity index (χ2n) is 4.39. The molecule has 0 unspecified atom stereocenters. The van der Waals surface area contributed by atoms with E-state index < -0.39 is 0 Å². The third-order valence-electron chi connectivity index (χ3n) is 2.76. The molecule has 2 rings (SSSR count). The number of hydrogen-bond donors (Lipinski definition) is 0. The predicted molar refractivity (Wildman–Crippen MR) is 80.7 cm³/mol. The molecular weight excluding hydrogens is 340 g/mol. The first-order valence-electron chi connectivity index (χ1n) is 5.81. The highest BCUT2D eigenvalue weighted by molar-refractivity contribution is 14.1. The van der Waals surface area contributed by atoms with Crippen LogP contribution < -0.4 is 0 Å². The third kappa shape index (κ3) is 3.78. The van der Waals surface area contributed by atoms with E-state index in [1.165, 1.54) is 15.2 Å². The zero-order valence-corrected chi connectivity index (χ0v) is 12.4. The van der Waals surface area contributed by atoms with E-state index in [2.05, 4.69) is 51.8 Å². The van der Waals surface area contributed by atoms with Crippen molar-refractivity contribution in [2.24, 2.45) is 0 Å². The lowest BCUT2D eigenvalue weighted by molar-refractivity contribution is 0.313. The molecule has 0 aromatic heterocycles. The summed E-state index contributed by atoms with van der Waals surface area (Å²) in [5.41, 5.74) is 1.99. The van der Waals surface area contributed by atoms with Crippen LogP contribution in [-0.2, 0) is 13.1 Å². The molecule has 94 valence electrons. The molecule has 18 heavy (non-hydrogen) atoms. The molecule has 0 amide bonds. The van der Waals surface area contributed by atoms with Crippen LogP contribution in [-0.4, -0.2) is 11.9 Å². The minimum absolute atomic E-state index is 0.132. The summed E-state index contributed by atoms with van der Waals surface area (Å²) in [7, 11) is 2.00. The van der Waals surface area contributed by atoms with Gasteiger partial charge in [0.15, 0.2) is 0 Å². The van der Waals surface area contributed by atoms with Gasteiger partial charge in [0.1, 0.15) is 5.82 Å². The molecule has 0 radical (unpaired) electrons. The van der Waals surface area contributed by atoms with E-state index in [4.69, 9.17) is 0 Å². The van der Waals surface area contributed by atoms with Gasteiger partial charge in [-0.3, -0.25) is 4.90 Å². The fourth-order valence-corrected chi connectivity index (χ4v) is 2.23. The van der Waals surface area contributed by atoms with Gasteiger partial charge in [-0.15, -0.1) is 0 Å². The molecule has 0 atom stereocenters. The Labute approximate surface area is 121 Å². The highest BCUT2D eigenvalue weighted by Gasteiger charge is 2.05. The summed E-state index contributed by atoms with van der Waals surface area (Å²) in [4.78, 5) is 2.11. The van der Waals surface area contributed by atoms with Crippen molar-refractivity contribution < 1.29 is 4.39 Å². The van der Waals surface area contributed by atoms with Gasteiger partial charge in [0, 0.05) is 22.2 Å². The van der Waals surface area contributed by atoms with Crippen LogP contribution >= 0.6 is 22.6 Å². The van der Waals surface area contributed by atoms with E-state index >= 15 is 0 Å². The van der Waals surface area contributed by atoms with Crippen LogP contribution in [0.3, 0.4) is 0 Å². The Morgan fingerprint density at radius 2 is 1.67 bits per heavy atom. The summed E-state index contributed by atoms with van der Waals surface area (Å²) in [6.45, 7) is 1.45. The molecule has 1 nitrogen and oxygen atoms in total. The van der Waals surface area contributed by atoms with Gasteiger partial charge in [0.05, 0.1) is 0 Å². The number of rotatable bonds is 4. The summed E-state index contributed by atoms with van der Waals surface area (Å²) in [5, 5.41) is 0. The minimum Gasteiger partial charge on any atom is -0.298 e.